The summed E-state index contributed by atoms with van der Waals surface area (Å²) in [5, 5.41) is 6.56. The van der Waals surface area contributed by atoms with Crippen LogP contribution in [-0.4, -0.2) is 47.5 Å². The van der Waals surface area contributed by atoms with Gasteiger partial charge in [-0.05, 0) is 36.2 Å². The number of rotatable bonds is 10. The van der Waals surface area contributed by atoms with Gasteiger partial charge in [-0.1, -0.05) is 18.2 Å². The molecule has 28 heavy (non-hydrogen) atoms. The molecule has 0 aromatic heterocycles. The SMILES string of the molecule is CN=C(NCCCOc1ccccc1)NCc1cc(OC)c(OC)c(OC)c1. The number of nitrogens with zero attached hydrogens (tertiary/aromatic N) is 1. The van der Waals surface area contributed by atoms with Crippen molar-refractivity contribution >= 4 is 5.96 Å². The quantitative estimate of drug-likeness (QED) is 0.371. The summed E-state index contributed by atoms with van der Waals surface area (Å²) in [5.74, 6) is 3.43. The maximum Gasteiger partial charge on any atom is 0.203 e. The van der Waals surface area contributed by atoms with E-state index in [1.807, 2.05) is 42.5 Å². The maximum atomic E-state index is 5.68. The lowest BCUT2D eigenvalue weighted by Crippen LogP contribution is -2.37. The third kappa shape index (κ3) is 6.26. The molecule has 0 spiro atoms. The second-order valence-electron chi connectivity index (χ2n) is 5.90. The summed E-state index contributed by atoms with van der Waals surface area (Å²) in [6.45, 7) is 1.96. The first-order valence-corrected chi connectivity index (χ1v) is 9.13. The van der Waals surface area contributed by atoms with Crippen molar-refractivity contribution in [2.75, 3.05) is 41.5 Å². The second-order valence-corrected chi connectivity index (χ2v) is 5.90. The van der Waals surface area contributed by atoms with Crippen LogP contribution in [0.2, 0.25) is 0 Å². The fourth-order valence-corrected chi connectivity index (χ4v) is 2.63. The molecule has 0 aliphatic rings. The van der Waals surface area contributed by atoms with E-state index in [-0.39, 0.29) is 0 Å². The Bertz CT molecular complexity index is 726. The van der Waals surface area contributed by atoms with Crippen molar-refractivity contribution in [1.82, 2.24) is 10.6 Å². The summed E-state index contributed by atoms with van der Waals surface area (Å²) in [6.07, 6.45) is 0.861. The number of methoxy groups -OCH3 is 3. The van der Waals surface area contributed by atoms with Crippen molar-refractivity contribution in [2.45, 2.75) is 13.0 Å². The third-order valence-corrected chi connectivity index (χ3v) is 4.03. The van der Waals surface area contributed by atoms with Gasteiger partial charge in [0.1, 0.15) is 5.75 Å². The molecular formula is C21H29N3O4. The summed E-state index contributed by atoms with van der Waals surface area (Å²) in [5.41, 5.74) is 0.991. The van der Waals surface area contributed by atoms with Crippen LogP contribution in [0.15, 0.2) is 47.5 Å². The summed E-state index contributed by atoms with van der Waals surface area (Å²) >= 11 is 0. The Hall–Kier alpha value is -3.09. The monoisotopic (exact) mass is 387 g/mol. The minimum Gasteiger partial charge on any atom is -0.494 e. The van der Waals surface area contributed by atoms with Crippen molar-refractivity contribution < 1.29 is 18.9 Å². The van der Waals surface area contributed by atoms with Crippen molar-refractivity contribution in [3.05, 3.63) is 48.0 Å². The van der Waals surface area contributed by atoms with E-state index in [4.69, 9.17) is 18.9 Å². The standard InChI is InChI=1S/C21H29N3O4/c1-22-21(23-11-8-12-28-17-9-6-5-7-10-17)24-15-16-13-18(25-2)20(27-4)19(14-16)26-3/h5-7,9-10,13-14H,8,11-12,15H2,1-4H3,(H2,22,23,24). The molecule has 0 aliphatic carbocycles. The lowest BCUT2D eigenvalue weighted by Gasteiger charge is -2.16. The molecule has 0 unspecified atom stereocenters. The summed E-state index contributed by atoms with van der Waals surface area (Å²) in [6, 6.07) is 13.6. The molecule has 152 valence electrons. The van der Waals surface area contributed by atoms with E-state index in [1.54, 1.807) is 28.4 Å². The molecule has 0 heterocycles. The minimum absolute atomic E-state index is 0.566. The van der Waals surface area contributed by atoms with Crippen LogP contribution in [0.25, 0.3) is 0 Å². The van der Waals surface area contributed by atoms with E-state index in [0.29, 0.717) is 36.4 Å². The van der Waals surface area contributed by atoms with Gasteiger partial charge in [0, 0.05) is 20.1 Å². The van der Waals surface area contributed by atoms with Crippen molar-refractivity contribution in [3.8, 4) is 23.0 Å². The van der Waals surface area contributed by atoms with Gasteiger partial charge in [0.25, 0.3) is 0 Å². The van der Waals surface area contributed by atoms with Crippen LogP contribution < -0.4 is 29.6 Å². The van der Waals surface area contributed by atoms with E-state index >= 15 is 0 Å². The fourth-order valence-electron chi connectivity index (χ4n) is 2.63. The first-order chi connectivity index (χ1) is 13.7. The van der Waals surface area contributed by atoms with Gasteiger partial charge < -0.3 is 29.6 Å². The molecule has 2 aromatic carbocycles. The van der Waals surface area contributed by atoms with Gasteiger partial charge in [0.15, 0.2) is 17.5 Å². The molecule has 0 aliphatic heterocycles. The first kappa shape index (κ1) is 21.2. The Morgan fingerprint density at radius 1 is 0.929 bits per heavy atom. The number of nitrogens with one attached hydrogen (secondary N) is 2. The molecule has 2 N–H and O–H groups in total. The Morgan fingerprint density at radius 3 is 2.18 bits per heavy atom. The van der Waals surface area contributed by atoms with E-state index in [0.717, 1.165) is 24.3 Å². The average Bonchev–Trinajstić information content (AvgIpc) is 2.75. The van der Waals surface area contributed by atoms with Crippen molar-refractivity contribution in [3.63, 3.8) is 0 Å². The molecule has 2 aromatic rings. The number of benzene rings is 2. The van der Waals surface area contributed by atoms with E-state index in [1.165, 1.54) is 0 Å². The highest BCUT2D eigenvalue weighted by molar-refractivity contribution is 5.79. The Kier molecular flexibility index (Phi) is 8.78. The number of guanidine groups is 1. The fraction of sp³-hybridized carbons (Fsp3) is 0.381. The first-order valence-electron chi connectivity index (χ1n) is 9.13. The smallest absolute Gasteiger partial charge is 0.203 e. The van der Waals surface area contributed by atoms with E-state index in [9.17, 15) is 0 Å². The molecule has 0 radical (unpaired) electrons. The lowest BCUT2D eigenvalue weighted by molar-refractivity contribution is 0.311. The Balaban J connectivity index is 1.80. The summed E-state index contributed by atoms with van der Waals surface area (Å²) < 4.78 is 21.8. The number of hydrogen-bond acceptors (Lipinski definition) is 5. The Morgan fingerprint density at radius 2 is 1.61 bits per heavy atom. The summed E-state index contributed by atoms with van der Waals surface area (Å²) in [4.78, 5) is 4.24. The maximum absolute atomic E-state index is 5.68. The van der Waals surface area contributed by atoms with Gasteiger partial charge >= 0.3 is 0 Å². The van der Waals surface area contributed by atoms with E-state index in [2.05, 4.69) is 15.6 Å². The van der Waals surface area contributed by atoms with Crippen LogP contribution in [0.4, 0.5) is 0 Å². The minimum atomic E-state index is 0.566. The van der Waals surface area contributed by atoms with Crippen molar-refractivity contribution in [1.29, 1.82) is 0 Å². The highest BCUT2D eigenvalue weighted by Gasteiger charge is 2.13. The number of ether oxygens (including phenoxy) is 4. The number of hydrogen-bond donors (Lipinski definition) is 2. The van der Waals surface area contributed by atoms with Gasteiger partial charge in [-0.2, -0.15) is 0 Å². The molecule has 0 atom stereocenters. The average molecular weight is 387 g/mol. The molecular weight excluding hydrogens is 358 g/mol. The van der Waals surface area contributed by atoms with Crippen LogP contribution >= 0.6 is 0 Å². The van der Waals surface area contributed by atoms with Gasteiger partial charge in [0.2, 0.25) is 5.75 Å². The predicted octanol–water partition coefficient (Wildman–Crippen LogP) is 2.85. The van der Waals surface area contributed by atoms with Gasteiger partial charge in [0.05, 0.1) is 27.9 Å². The zero-order valence-corrected chi connectivity index (χ0v) is 17.0. The molecule has 0 bridgehead atoms. The predicted molar refractivity (Wildman–Crippen MR) is 111 cm³/mol. The molecule has 7 heteroatoms. The number of para-hydroxylation sites is 1. The molecule has 7 nitrogen and oxygen atoms in total. The normalized spacial score (nSPS) is 10.9. The van der Waals surface area contributed by atoms with Crippen LogP contribution in [0.1, 0.15) is 12.0 Å². The second kappa shape index (κ2) is 11.6. The van der Waals surface area contributed by atoms with E-state index < -0.39 is 0 Å². The summed E-state index contributed by atoms with van der Waals surface area (Å²) in [7, 11) is 6.54. The topological polar surface area (TPSA) is 73.3 Å². The molecule has 0 amide bonds. The van der Waals surface area contributed by atoms with Crippen LogP contribution in [0, 0.1) is 0 Å². The lowest BCUT2D eigenvalue weighted by atomic mass is 10.2. The molecule has 0 saturated heterocycles. The largest absolute Gasteiger partial charge is 0.494 e. The Labute approximate surface area is 166 Å². The third-order valence-electron chi connectivity index (χ3n) is 4.03. The van der Waals surface area contributed by atoms with Crippen molar-refractivity contribution in [2.24, 2.45) is 4.99 Å². The van der Waals surface area contributed by atoms with Gasteiger partial charge in [-0.3, -0.25) is 4.99 Å². The number of aliphatic imine (C=N–C) groups is 1. The molecule has 2 rings (SSSR count). The van der Waals surface area contributed by atoms with Crippen LogP contribution in [-0.2, 0) is 6.54 Å². The highest BCUT2D eigenvalue weighted by Crippen LogP contribution is 2.38. The highest BCUT2D eigenvalue weighted by atomic mass is 16.5. The zero-order chi connectivity index (χ0) is 20.2. The van der Waals surface area contributed by atoms with Crippen LogP contribution in [0.5, 0.6) is 23.0 Å². The molecule has 0 saturated carbocycles. The molecule has 0 fully saturated rings. The van der Waals surface area contributed by atoms with Crippen LogP contribution in [0.3, 0.4) is 0 Å². The zero-order valence-electron chi connectivity index (χ0n) is 17.0. The van der Waals surface area contributed by atoms with Gasteiger partial charge in [-0.15, -0.1) is 0 Å². The van der Waals surface area contributed by atoms with Gasteiger partial charge in [-0.25, -0.2) is 0 Å².